The van der Waals surface area contributed by atoms with Gasteiger partial charge in [0.05, 0.1) is 16.6 Å². The van der Waals surface area contributed by atoms with Crippen molar-refractivity contribution in [2.24, 2.45) is 5.92 Å². The standard InChI is InChI=1S/C24H21FN2O3S2/c1-24(2,3)13-6-4-12(5-7-13)16-17-19(31-20-18(16)32-23(30)26-20)22(29)27(21(17)28)15-10-8-14(25)9-11-15/h4-11,16-17,19H,1-3H3,(H,26,30). The Morgan fingerprint density at radius 2 is 1.59 bits per heavy atom. The molecule has 0 spiro atoms. The van der Waals surface area contributed by atoms with Crippen LogP contribution in [0.4, 0.5) is 10.1 Å². The number of carbonyl (C=O) groups is 2. The molecule has 2 amide bonds. The number of nitrogens with one attached hydrogen (secondary N) is 1. The first-order valence-electron chi connectivity index (χ1n) is 10.3. The van der Waals surface area contributed by atoms with E-state index in [1.807, 2.05) is 24.3 Å². The van der Waals surface area contributed by atoms with Gasteiger partial charge in [-0.15, -0.1) is 0 Å². The molecule has 3 atom stereocenters. The maximum Gasteiger partial charge on any atom is 0.305 e. The van der Waals surface area contributed by atoms with Crippen LogP contribution in [0.25, 0.3) is 0 Å². The molecule has 3 heterocycles. The second kappa shape index (κ2) is 7.42. The minimum absolute atomic E-state index is 0.0218. The highest BCUT2D eigenvalue weighted by atomic mass is 32.2. The summed E-state index contributed by atoms with van der Waals surface area (Å²) in [5.74, 6) is -2.15. The number of nitrogens with zero attached hydrogens (tertiary/aromatic N) is 1. The number of aromatic nitrogens is 1. The predicted molar refractivity (Wildman–Crippen MR) is 124 cm³/mol. The molecule has 5 nitrogen and oxygen atoms in total. The minimum Gasteiger partial charge on any atom is -0.307 e. The summed E-state index contributed by atoms with van der Waals surface area (Å²) >= 11 is 2.33. The number of aromatic amines is 1. The van der Waals surface area contributed by atoms with Gasteiger partial charge in [-0.05, 0) is 40.8 Å². The number of thiazole rings is 1. The van der Waals surface area contributed by atoms with Crippen molar-refractivity contribution in [1.29, 1.82) is 0 Å². The number of halogens is 1. The lowest BCUT2D eigenvalue weighted by Crippen LogP contribution is -2.32. The lowest BCUT2D eigenvalue weighted by Gasteiger charge is -2.30. The Bertz CT molecular complexity index is 1270. The summed E-state index contributed by atoms with van der Waals surface area (Å²) in [6, 6.07) is 13.4. The second-order valence-electron chi connectivity index (χ2n) is 9.11. The number of imide groups is 1. The van der Waals surface area contributed by atoms with Crippen LogP contribution in [0.5, 0.6) is 0 Å². The first-order valence-corrected chi connectivity index (χ1v) is 12.0. The Labute approximate surface area is 192 Å². The molecule has 1 N–H and O–H groups in total. The molecular weight excluding hydrogens is 447 g/mol. The van der Waals surface area contributed by atoms with Crippen molar-refractivity contribution in [3.05, 3.63) is 80.0 Å². The van der Waals surface area contributed by atoms with Gasteiger partial charge in [0.15, 0.2) is 0 Å². The third-order valence-electron chi connectivity index (χ3n) is 6.04. The molecule has 0 aliphatic carbocycles. The van der Waals surface area contributed by atoms with E-state index in [0.29, 0.717) is 10.7 Å². The van der Waals surface area contributed by atoms with Gasteiger partial charge < -0.3 is 4.98 Å². The highest BCUT2D eigenvalue weighted by molar-refractivity contribution is 8.00. The van der Waals surface area contributed by atoms with E-state index in [2.05, 4.69) is 25.8 Å². The number of H-pyrrole nitrogens is 1. The van der Waals surface area contributed by atoms with Crippen molar-refractivity contribution in [1.82, 2.24) is 4.98 Å². The van der Waals surface area contributed by atoms with Gasteiger partial charge >= 0.3 is 4.87 Å². The monoisotopic (exact) mass is 468 g/mol. The van der Waals surface area contributed by atoms with Crippen LogP contribution in [-0.4, -0.2) is 22.0 Å². The summed E-state index contributed by atoms with van der Waals surface area (Å²) in [5, 5.41) is -0.00847. The molecule has 0 bridgehead atoms. The summed E-state index contributed by atoms with van der Waals surface area (Å²) < 4.78 is 13.4. The van der Waals surface area contributed by atoms with Gasteiger partial charge in [-0.2, -0.15) is 0 Å². The van der Waals surface area contributed by atoms with E-state index in [4.69, 9.17) is 0 Å². The summed E-state index contributed by atoms with van der Waals surface area (Å²) in [7, 11) is 0. The van der Waals surface area contributed by atoms with Crippen molar-refractivity contribution in [3.8, 4) is 0 Å². The van der Waals surface area contributed by atoms with Gasteiger partial charge in [0, 0.05) is 10.8 Å². The van der Waals surface area contributed by atoms with Crippen molar-refractivity contribution >= 4 is 40.6 Å². The van der Waals surface area contributed by atoms with Gasteiger partial charge in [0.2, 0.25) is 11.8 Å². The van der Waals surface area contributed by atoms with E-state index in [9.17, 15) is 18.8 Å². The number of rotatable bonds is 2. The third kappa shape index (κ3) is 3.33. The van der Waals surface area contributed by atoms with Crippen molar-refractivity contribution < 1.29 is 14.0 Å². The van der Waals surface area contributed by atoms with Crippen LogP contribution in [0.1, 0.15) is 42.7 Å². The van der Waals surface area contributed by atoms with Gasteiger partial charge in [0.25, 0.3) is 0 Å². The molecule has 1 saturated heterocycles. The Hall–Kier alpha value is -2.71. The minimum atomic E-state index is -0.655. The molecule has 1 aromatic heterocycles. The Kier molecular flexibility index (Phi) is 4.90. The molecule has 164 valence electrons. The van der Waals surface area contributed by atoms with E-state index >= 15 is 0 Å². The Balaban J connectivity index is 1.61. The van der Waals surface area contributed by atoms with E-state index < -0.39 is 22.9 Å². The van der Waals surface area contributed by atoms with Crippen molar-refractivity contribution in [3.63, 3.8) is 0 Å². The molecule has 8 heteroatoms. The van der Waals surface area contributed by atoms with Crippen LogP contribution in [0.15, 0.2) is 58.4 Å². The first kappa shape index (κ1) is 21.2. The summed E-state index contributed by atoms with van der Waals surface area (Å²) in [5.41, 5.74) is 2.39. The van der Waals surface area contributed by atoms with Crippen molar-refractivity contribution in [2.45, 2.75) is 42.4 Å². The van der Waals surface area contributed by atoms with Gasteiger partial charge in [-0.1, -0.05) is 68.1 Å². The number of amides is 2. The Morgan fingerprint density at radius 1 is 0.938 bits per heavy atom. The van der Waals surface area contributed by atoms with Gasteiger partial charge in [-0.3, -0.25) is 14.4 Å². The number of thioether (sulfide) groups is 1. The van der Waals surface area contributed by atoms with Crippen LogP contribution in [0, 0.1) is 11.7 Å². The molecule has 2 aliphatic heterocycles. The lowest BCUT2D eigenvalue weighted by atomic mass is 9.81. The molecule has 0 saturated carbocycles. The topological polar surface area (TPSA) is 70.2 Å². The quantitative estimate of drug-likeness (QED) is 0.555. The molecule has 3 aromatic rings. The number of anilines is 1. The SMILES string of the molecule is CC(C)(C)c1ccc(C2c3sc(=O)[nH]c3SC3C(=O)N(c4ccc(F)cc4)C(=O)C32)cc1. The Morgan fingerprint density at radius 3 is 2.22 bits per heavy atom. The van der Waals surface area contributed by atoms with Crippen molar-refractivity contribution in [2.75, 3.05) is 4.90 Å². The fraction of sp³-hybridized carbons (Fsp3) is 0.292. The lowest BCUT2D eigenvalue weighted by molar-refractivity contribution is -0.122. The molecular formula is C24H21FN2O3S2. The highest BCUT2D eigenvalue weighted by Crippen LogP contribution is 2.53. The number of fused-ring (bicyclic) bond motifs is 2. The number of benzene rings is 2. The molecule has 2 aromatic carbocycles. The molecule has 1 fully saturated rings. The highest BCUT2D eigenvalue weighted by Gasteiger charge is 2.56. The van der Waals surface area contributed by atoms with E-state index in [-0.39, 0.29) is 22.1 Å². The van der Waals surface area contributed by atoms with Crippen LogP contribution in [0.2, 0.25) is 0 Å². The maximum absolute atomic E-state index is 13.6. The molecule has 2 aliphatic rings. The summed E-state index contributed by atoms with van der Waals surface area (Å²) in [6.07, 6.45) is 0. The number of carbonyl (C=O) groups excluding carboxylic acids is 2. The third-order valence-corrected chi connectivity index (χ3v) is 8.45. The van der Waals surface area contributed by atoms with Crippen LogP contribution in [-0.2, 0) is 15.0 Å². The van der Waals surface area contributed by atoms with Gasteiger partial charge in [0.1, 0.15) is 11.1 Å². The number of hydrogen-bond acceptors (Lipinski definition) is 5. The van der Waals surface area contributed by atoms with E-state index in [0.717, 1.165) is 32.2 Å². The van der Waals surface area contributed by atoms with Crippen LogP contribution < -0.4 is 9.77 Å². The molecule has 5 rings (SSSR count). The smallest absolute Gasteiger partial charge is 0.305 e. The summed E-state index contributed by atoms with van der Waals surface area (Å²) in [6.45, 7) is 6.39. The average Bonchev–Trinajstić information content (AvgIpc) is 3.23. The zero-order valence-electron chi connectivity index (χ0n) is 17.7. The number of hydrogen-bond donors (Lipinski definition) is 1. The van der Waals surface area contributed by atoms with Crippen LogP contribution in [0.3, 0.4) is 0 Å². The fourth-order valence-electron chi connectivity index (χ4n) is 4.41. The first-order chi connectivity index (χ1) is 15.1. The average molecular weight is 469 g/mol. The zero-order valence-corrected chi connectivity index (χ0v) is 19.4. The van der Waals surface area contributed by atoms with Crippen LogP contribution >= 0.6 is 23.1 Å². The fourth-order valence-corrected chi connectivity index (χ4v) is 6.93. The summed E-state index contributed by atoms with van der Waals surface area (Å²) in [4.78, 5) is 43.6. The largest absolute Gasteiger partial charge is 0.307 e. The van der Waals surface area contributed by atoms with E-state index in [1.165, 1.54) is 36.0 Å². The normalized spacial score (nSPS) is 22.8. The zero-order chi connectivity index (χ0) is 22.8. The molecule has 0 radical (unpaired) electrons. The second-order valence-corrected chi connectivity index (χ2v) is 11.3. The van der Waals surface area contributed by atoms with Gasteiger partial charge in [-0.25, -0.2) is 9.29 Å². The van der Waals surface area contributed by atoms with E-state index in [1.54, 1.807) is 0 Å². The predicted octanol–water partition coefficient (Wildman–Crippen LogP) is 4.67. The maximum atomic E-state index is 13.6. The molecule has 32 heavy (non-hydrogen) atoms. The molecule has 3 unspecified atom stereocenters.